The van der Waals surface area contributed by atoms with Crippen molar-refractivity contribution in [1.29, 1.82) is 0 Å². The summed E-state index contributed by atoms with van der Waals surface area (Å²) in [7, 11) is 0. The zero-order valence-corrected chi connectivity index (χ0v) is 46.7. The van der Waals surface area contributed by atoms with Crippen molar-refractivity contribution in [3.05, 3.63) is 68.8 Å². The minimum Gasteiger partial charge on any atom is -0.480 e. The molecule has 0 aromatic heterocycles. The second kappa shape index (κ2) is 35.8. The normalized spacial score (nSPS) is 15.2. The Kier molecular flexibility index (Phi) is 30.2. The van der Waals surface area contributed by atoms with Gasteiger partial charge in [0.25, 0.3) is 0 Å². The SMILES string of the molecule is CC(=O)CC[C@@H](NC(=O)N[C@H](CCCCN(Cc1ccc(I)cc1)C(=O)CCCCCC(=O)c1ccc(CNC(=O)CCC(C(=O)O)N2CCN(CC(=O)O)CCN(CC(=O)O)CCN(CC(=O)O)CC2)cc1)C(=O)O)C(=O)O. The molecule has 26 heteroatoms. The molecule has 0 radical (unpaired) electrons. The van der Waals surface area contributed by atoms with Gasteiger partial charge in [0, 0.05) is 107 Å². The molecule has 2 aromatic rings. The first-order chi connectivity index (χ1) is 37.5. The number of carbonyl (C=O) groups excluding carboxylic acids is 5. The number of urea groups is 1. The lowest BCUT2D eigenvalue weighted by molar-refractivity contribution is -0.145. The Morgan fingerprint density at radius 3 is 1.53 bits per heavy atom. The summed E-state index contributed by atoms with van der Waals surface area (Å²) in [5.41, 5.74) is 2.04. The summed E-state index contributed by atoms with van der Waals surface area (Å²) in [6.07, 6.45) is 2.27. The van der Waals surface area contributed by atoms with Crippen LogP contribution in [0.1, 0.15) is 105 Å². The van der Waals surface area contributed by atoms with Crippen LogP contribution < -0.4 is 16.0 Å². The summed E-state index contributed by atoms with van der Waals surface area (Å²) in [6.45, 7) is 1.98. The van der Waals surface area contributed by atoms with Gasteiger partial charge in [0.05, 0.1) is 19.6 Å². The maximum atomic E-state index is 13.5. The lowest BCUT2D eigenvalue weighted by Gasteiger charge is -2.35. The van der Waals surface area contributed by atoms with E-state index in [9.17, 15) is 83.4 Å². The van der Waals surface area contributed by atoms with E-state index in [1.807, 2.05) is 24.3 Å². The number of hydrogen-bond donors (Lipinski definition) is 9. The molecule has 0 aliphatic carbocycles. The molecule has 436 valence electrons. The van der Waals surface area contributed by atoms with E-state index in [1.165, 1.54) is 6.92 Å². The van der Waals surface area contributed by atoms with Gasteiger partial charge in [-0.2, -0.15) is 0 Å². The van der Waals surface area contributed by atoms with Crippen LogP contribution in [0.4, 0.5) is 4.79 Å². The molecule has 3 atom stereocenters. The first-order valence-corrected chi connectivity index (χ1v) is 27.3. The average molecular weight is 1220 g/mol. The van der Waals surface area contributed by atoms with Crippen LogP contribution >= 0.6 is 22.6 Å². The minimum absolute atomic E-state index is 0.00782. The summed E-state index contributed by atoms with van der Waals surface area (Å²) in [5, 5.41) is 65.2. The third kappa shape index (κ3) is 27.7. The molecule has 1 aliphatic heterocycles. The highest BCUT2D eigenvalue weighted by molar-refractivity contribution is 14.1. The molecule has 4 amide bonds. The molecule has 2 aromatic carbocycles. The van der Waals surface area contributed by atoms with E-state index in [0.29, 0.717) is 56.3 Å². The fraction of sp³-hybridized carbons (Fsp3) is 0.566. The summed E-state index contributed by atoms with van der Waals surface area (Å²) in [4.78, 5) is 143. The fourth-order valence-corrected chi connectivity index (χ4v) is 9.11. The molecule has 1 fully saturated rings. The highest BCUT2D eigenvalue weighted by Gasteiger charge is 2.29. The molecule has 25 nitrogen and oxygen atoms in total. The number of ketones is 2. The Morgan fingerprint density at radius 1 is 0.544 bits per heavy atom. The Morgan fingerprint density at radius 2 is 1.04 bits per heavy atom. The molecule has 1 unspecified atom stereocenters. The minimum atomic E-state index is -1.38. The molecule has 79 heavy (non-hydrogen) atoms. The number of hydrogen-bond acceptors (Lipinski definition) is 15. The van der Waals surface area contributed by atoms with E-state index < -0.39 is 65.9 Å². The van der Waals surface area contributed by atoms with Crippen LogP contribution in [0.2, 0.25) is 0 Å². The molecular weight excluding hydrogens is 1150 g/mol. The number of carboxylic acid groups (broad SMARTS) is 6. The monoisotopic (exact) mass is 1220 g/mol. The van der Waals surface area contributed by atoms with Crippen molar-refractivity contribution in [1.82, 2.24) is 40.4 Å². The first kappa shape index (κ1) is 66.7. The van der Waals surface area contributed by atoms with Gasteiger partial charge in [0.1, 0.15) is 23.9 Å². The largest absolute Gasteiger partial charge is 0.480 e. The van der Waals surface area contributed by atoms with Gasteiger partial charge in [0.2, 0.25) is 11.8 Å². The van der Waals surface area contributed by atoms with E-state index >= 15 is 0 Å². The van der Waals surface area contributed by atoms with Gasteiger partial charge in [-0.05, 0) is 97.7 Å². The van der Waals surface area contributed by atoms with E-state index in [-0.39, 0.29) is 141 Å². The summed E-state index contributed by atoms with van der Waals surface area (Å²) in [6, 6.07) is 9.48. The van der Waals surface area contributed by atoms with Crippen molar-refractivity contribution in [3.8, 4) is 0 Å². The Balaban J connectivity index is 1.49. The van der Waals surface area contributed by atoms with Crippen molar-refractivity contribution in [3.63, 3.8) is 0 Å². The Hall–Kier alpha value is -6.62. The number of rotatable bonds is 34. The number of nitrogens with one attached hydrogen (secondary N) is 3. The third-order valence-corrected chi connectivity index (χ3v) is 13.9. The smallest absolute Gasteiger partial charge is 0.326 e. The zero-order valence-electron chi connectivity index (χ0n) is 44.5. The Labute approximate surface area is 472 Å². The van der Waals surface area contributed by atoms with E-state index in [4.69, 9.17) is 0 Å². The van der Waals surface area contributed by atoms with Crippen molar-refractivity contribution < 1.29 is 83.4 Å². The number of aliphatic carboxylic acids is 6. The van der Waals surface area contributed by atoms with Gasteiger partial charge in [-0.3, -0.25) is 53.2 Å². The maximum absolute atomic E-state index is 13.5. The van der Waals surface area contributed by atoms with Gasteiger partial charge < -0.3 is 56.3 Å². The lowest BCUT2D eigenvalue weighted by Crippen LogP contribution is -2.52. The summed E-state index contributed by atoms with van der Waals surface area (Å²) >= 11 is 2.18. The topological polar surface area (TPSA) is 361 Å². The second-order valence-electron chi connectivity index (χ2n) is 19.5. The number of carboxylic acids is 6. The summed E-state index contributed by atoms with van der Waals surface area (Å²) < 4.78 is 1.02. The number of halogens is 1. The van der Waals surface area contributed by atoms with Gasteiger partial charge in [-0.25, -0.2) is 14.4 Å². The number of unbranched alkanes of at least 4 members (excludes halogenated alkanes) is 3. The van der Waals surface area contributed by atoms with E-state index in [0.717, 1.165) is 9.13 Å². The number of carbonyl (C=O) groups is 11. The average Bonchev–Trinajstić information content (AvgIpc) is 3.38. The molecule has 3 rings (SSSR count). The zero-order chi connectivity index (χ0) is 58.4. The van der Waals surface area contributed by atoms with Crippen LogP contribution in [0, 0.1) is 3.57 Å². The molecular formula is C53H75IN8O17. The molecule has 0 spiro atoms. The quantitative estimate of drug-likeness (QED) is 0.0276. The van der Waals surface area contributed by atoms with Crippen molar-refractivity contribution in [2.24, 2.45) is 0 Å². The molecule has 0 bridgehead atoms. The molecule has 0 saturated carbocycles. The molecule has 1 saturated heterocycles. The third-order valence-electron chi connectivity index (χ3n) is 13.2. The van der Waals surface area contributed by atoms with Crippen molar-refractivity contribution in [2.45, 2.75) is 115 Å². The van der Waals surface area contributed by atoms with Gasteiger partial charge in [0.15, 0.2) is 5.78 Å². The Bertz CT molecular complexity index is 2350. The predicted molar refractivity (Wildman–Crippen MR) is 293 cm³/mol. The van der Waals surface area contributed by atoms with Crippen LogP contribution in [0.15, 0.2) is 48.5 Å². The maximum Gasteiger partial charge on any atom is 0.326 e. The number of benzene rings is 2. The standard InChI is InChI=1S/C53H75IN8O17/c1-36(63)10-19-42(51(75)76)57-53(79)56-41(50(73)74)7-5-6-22-62(32-38-13-17-40(54)18-14-38)46(66)9-4-2-3-8-44(64)39-15-11-37(12-16-39)31-55-45(65)21-20-43(52(77)78)61-29-27-59(34-48(69)70)25-23-58(33-47(67)68)24-26-60(28-30-61)35-49(71)72/h11-18,41-43H,2-10,19-35H2,1H3,(H,55,65)(H,67,68)(H,69,70)(H,71,72)(H,73,74)(H,75,76)(H,77,78)(H2,56,57,79)/t41-,42-,43?/m1/s1. The molecule has 1 heterocycles. The highest BCUT2D eigenvalue weighted by atomic mass is 127. The van der Waals surface area contributed by atoms with E-state index in [1.54, 1.807) is 48.8 Å². The predicted octanol–water partition coefficient (Wildman–Crippen LogP) is 2.52. The highest BCUT2D eigenvalue weighted by Crippen LogP contribution is 2.17. The van der Waals surface area contributed by atoms with Crippen LogP contribution in [0.25, 0.3) is 0 Å². The van der Waals surface area contributed by atoms with E-state index in [2.05, 4.69) is 38.5 Å². The molecule has 9 N–H and O–H groups in total. The lowest BCUT2D eigenvalue weighted by atomic mass is 10.0. The van der Waals surface area contributed by atoms with Gasteiger partial charge in [-0.1, -0.05) is 42.8 Å². The van der Waals surface area contributed by atoms with Crippen LogP contribution in [0.3, 0.4) is 0 Å². The number of Topliss-reactive ketones (excluding diaryl/α,β-unsaturated/α-hetero) is 2. The molecule has 1 aliphatic rings. The van der Waals surface area contributed by atoms with Gasteiger partial charge in [-0.15, -0.1) is 0 Å². The van der Waals surface area contributed by atoms with Crippen molar-refractivity contribution >= 4 is 87.8 Å². The fourth-order valence-electron chi connectivity index (χ4n) is 8.75. The second-order valence-corrected chi connectivity index (χ2v) is 20.7. The van der Waals surface area contributed by atoms with Crippen LogP contribution in [0.5, 0.6) is 0 Å². The number of nitrogens with zero attached hydrogens (tertiary/aromatic N) is 5. The first-order valence-electron chi connectivity index (χ1n) is 26.2. The van der Waals surface area contributed by atoms with Crippen LogP contribution in [-0.2, 0) is 56.2 Å². The van der Waals surface area contributed by atoms with Crippen molar-refractivity contribution in [2.75, 3.05) is 78.5 Å². The summed E-state index contributed by atoms with van der Waals surface area (Å²) in [5.74, 6) is -8.16. The van der Waals surface area contributed by atoms with Gasteiger partial charge >= 0.3 is 41.8 Å². The number of amides is 4. The van der Waals surface area contributed by atoms with Crippen LogP contribution in [-0.4, -0.2) is 217 Å².